The lowest BCUT2D eigenvalue weighted by Crippen LogP contribution is -2.09. The van der Waals surface area contributed by atoms with Gasteiger partial charge in [0.2, 0.25) is 0 Å². The quantitative estimate of drug-likeness (QED) is 0.312. The molecule has 2 saturated heterocycles. The monoisotopic (exact) mass is 292 g/mol. The van der Waals surface area contributed by atoms with Crippen LogP contribution in [0.1, 0.15) is 0 Å². The lowest BCUT2D eigenvalue weighted by Gasteiger charge is -2.13. The fourth-order valence-electron chi connectivity index (χ4n) is 1.64. The Bertz CT molecular complexity index is 533. The Kier molecular flexibility index (Phi) is 4.08. The lowest BCUT2D eigenvalue weighted by molar-refractivity contribution is -0.128. The third-order valence-electron chi connectivity index (χ3n) is 2.95. The van der Waals surface area contributed by atoms with Gasteiger partial charge in [-0.1, -0.05) is 6.58 Å². The van der Waals surface area contributed by atoms with E-state index in [-0.39, 0.29) is 12.2 Å². The van der Waals surface area contributed by atoms with Crippen LogP contribution >= 0.6 is 0 Å². The van der Waals surface area contributed by atoms with E-state index in [9.17, 15) is 4.79 Å². The van der Waals surface area contributed by atoms with Gasteiger partial charge in [-0.15, -0.1) is 0 Å². The molecule has 3 rings (SSSR count). The molecule has 112 valence electrons. The number of ether oxygens (including phenoxy) is 5. The summed E-state index contributed by atoms with van der Waals surface area (Å²) in [6, 6.07) is 4.97. The molecular formula is C15H16O6. The molecule has 0 amide bonds. The van der Waals surface area contributed by atoms with Gasteiger partial charge in [0, 0.05) is 12.1 Å². The van der Waals surface area contributed by atoms with Crippen LogP contribution in [0.4, 0.5) is 0 Å². The van der Waals surface area contributed by atoms with Crippen molar-refractivity contribution in [2.45, 2.75) is 12.2 Å². The number of esters is 1. The predicted octanol–water partition coefficient (Wildman–Crippen LogP) is 1.33. The molecule has 2 unspecified atom stereocenters. The maximum absolute atomic E-state index is 11.2. The largest absolute Gasteiger partial charge is 0.487 e. The summed E-state index contributed by atoms with van der Waals surface area (Å²) in [5, 5.41) is 0. The first kappa shape index (κ1) is 13.9. The van der Waals surface area contributed by atoms with Gasteiger partial charge in [0.25, 0.3) is 0 Å². The molecule has 1 aromatic carbocycles. The van der Waals surface area contributed by atoms with Crippen LogP contribution in [0.3, 0.4) is 0 Å². The molecule has 2 aliphatic rings. The minimum absolute atomic E-state index is 0.129. The summed E-state index contributed by atoms with van der Waals surface area (Å²) in [7, 11) is 0. The molecule has 6 nitrogen and oxygen atoms in total. The third-order valence-corrected chi connectivity index (χ3v) is 2.95. The van der Waals surface area contributed by atoms with Gasteiger partial charge in [-0.2, -0.15) is 0 Å². The van der Waals surface area contributed by atoms with Crippen LogP contribution in [-0.4, -0.2) is 44.6 Å². The number of hydrogen-bond donors (Lipinski definition) is 0. The van der Waals surface area contributed by atoms with Crippen molar-refractivity contribution in [3.8, 4) is 17.2 Å². The van der Waals surface area contributed by atoms with Crippen molar-refractivity contribution in [1.82, 2.24) is 0 Å². The molecule has 0 saturated carbocycles. The SMILES string of the molecule is C=CC(=O)Oc1ccc(OCC2CO2)c(OCC2CO2)c1. The van der Waals surface area contributed by atoms with E-state index in [0.717, 1.165) is 12.7 Å². The average molecular weight is 292 g/mol. The molecule has 2 atom stereocenters. The van der Waals surface area contributed by atoms with E-state index in [2.05, 4.69) is 6.58 Å². The fourth-order valence-corrected chi connectivity index (χ4v) is 1.64. The molecule has 21 heavy (non-hydrogen) atoms. The summed E-state index contributed by atoms with van der Waals surface area (Å²) in [4.78, 5) is 11.2. The van der Waals surface area contributed by atoms with E-state index in [0.29, 0.717) is 37.1 Å². The van der Waals surface area contributed by atoms with Crippen molar-refractivity contribution in [2.24, 2.45) is 0 Å². The van der Waals surface area contributed by atoms with Crippen molar-refractivity contribution in [3.63, 3.8) is 0 Å². The van der Waals surface area contributed by atoms with Crippen LogP contribution in [0.5, 0.6) is 17.2 Å². The van der Waals surface area contributed by atoms with E-state index < -0.39 is 5.97 Å². The van der Waals surface area contributed by atoms with Crippen LogP contribution in [-0.2, 0) is 14.3 Å². The average Bonchev–Trinajstić information content (AvgIpc) is 3.38. The molecule has 0 N–H and O–H groups in total. The number of carbonyl (C=O) groups excluding carboxylic acids is 1. The van der Waals surface area contributed by atoms with E-state index in [1.807, 2.05) is 0 Å². The Balaban J connectivity index is 1.69. The highest BCUT2D eigenvalue weighted by Gasteiger charge is 2.26. The highest BCUT2D eigenvalue weighted by Crippen LogP contribution is 2.33. The van der Waals surface area contributed by atoms with Crippen LogP contribution < -0.4 is 14.2 Å². The zero-order valence-corrected chi connectivity index (χ0v) is 11.4. The molecule has 2 fully saturated rings. The molecule has 1 aromatic rings. The van der Waals surface area contributed by atoms with Gasteiger partial charge >= 0.3 is 5.97 Å². The summed E-state index contributed by atoms with van der Waals surface area (Å²) in [5.74, 6) is 0.957. The molecule has 0 bridgehead atoms. The maximum Gasteiger partial charge on any atom is 0.335 e. The molecule has 0 spiro atoms. The molecule has 6 heteroatoms. The van der Waals surface area contributed by atoms with Gasteiger partial charge in [0.15, 0.2) is 11.5 Å². The van der Waals surface area contributed by atoms with Gasteiger partial charge in [-0.05, 0) is 12.1 Å². The molecule has 2 heterocycles. The summed E-state index contributed by atoms with van der Waals surface area (Å²) in [6.07, 6.45) is 1.39. The highest BCUT2D eigenvalue weighted by molar-refractivity contribution is 5.83. The fraction of sp³-hybridized carbons (Fsp3) is 0.400. The summed E-state index contributed by atoms with van der Waals surface area (Å²) in [5.41, 5.74) is 0. The molecule has 0 aliphatic carbocycles. The zero-order chi connectivity index (χ0) is 14.7. The van der Waals surface area contributed by atoms with Crippen molar-refractivity contribution in [1.29, 1.82) is 0 Å². The minimum Gasteiger partial charge on any atom is -0.487 e. The third kappa shape index (κ3) is 4.21. The van der Waals surface area contributed by atoms with Gasteiger partial charge in [0.1, 0.15) is 31.2 Å². The van der Waals surface area contributed by atoms with E-state index in [1.54, 1.807) is 18.2 Å². The van der Waals surface area contributed by atoms with Gasteiger partial charge < -0.3 is 23.7 Å². The topological polar surface area (TPSA) is 69.8 Å². The number of benzene rings is 1. The van der Waals surface area contributed by atoms with Crippen LogP contribution in [0.25, 0.3) is 0 Å². The molecule has 2 aliphatic heterocycles. The van der Waals surface area contributed by atoms with Gasteiger partial charge in [-0.25, -0.2) is 4.79 Å². The van der Waals surface area contributed by atoms with Crippen molar-refractivity contribution in [3.05, 3.63) is 30.9 Å². The van der Waals surface area contributed by atoms with Gasteiger partial charge in [-0.3, -0.25) is 0 Å². The Hall–Kier alpha value is -2.05. The Morgan fingerprint density at radius 2 is 1.81 bits per heavy atom. The Morgan fingerprint density at radius 3 is 2.38 bits per heavy atom. The predicted molar refractivity (Wildman–Crippen MR) is 72.7 cm³/mol. The summed E-state index contributed by atoms with van der Waals surface area (Å²) < 4.78 is 26.6. The standard InChI is InChI=1S/C15H16O6/c1-2-15(16)21-10-3-4-13(19-8-11-6-17-11)14(5-10)20-9-12-7-18-12/h2-5,11-12H,1,6-9H2. The smallest absolute Gasteiger partial charge is 0.335 e. The maximum atomic E-state index is 11.2. The number of epoxide rings is 2. The molecular weight excluding hydrogens is 276 g/mol. The summed E-state index contributed by atoms with van der Waals surface area (Å²) >= 11 is 0. The number of carbonyl (C=O) groups is 1. The van der Waals surface area contributed by atoms with E-state index in [4.69, 9.17) is 23.7 Å². The Morgan fingerprint density at radius 1 is 1.19 bits per heavy atom. The first-order chi connectivity index (χ1) is 10.2. The second kappa shape index (κ2) is 6.15. The second-order valence-electron chi connectivity index (χ2n) is 4.77. The highest BCUT2D eigenvalue weighted by atomic mass is 16.6. The van der Waals surface area contributed by atoms with E-state index >= 15 is 0 Å². The van der Waals surface area contributed by atoms with Crippen LogP contribution in [0.2, 0.25) is 0 Å². The van der Waals surface area contributed by atoms with Crippen molar-refractivity contribution in [2.75, 3.05) is 26.4 Å². The number of hydrogen-bond acceptors (Lipinski definition) is 6. The van der Waals surface area contributed by atoms with Crippen LogP contribution in [0.15, 0.2) is 30.9 Å². The lowest BCUT2D eigenvalue weighted by atomic mass is 10.3. The van der Waals surface area contributed by atoms with E-state index in [1.165, 1.54) is 0 Å². The van der Waals surface area contributed by atoms with Crippen molar-refractivity contribution >= 4 is 5.97 Å². The van der Waals surface area contributed by atoms with Crippen molar-refractivity contribution < 1.29 is 28.5 Å². The number of rotatable bonds is 8. The first-order valence-corrected chi connectivity index (χ1v) is 6.71. The second-order valence-corrected chi connectivity index (χ2v) is 4.77. The van der Waals surface area contributed by atoms with Crippen LogP contribution in [0, 0.1) is 0 Å². The zero-order valence-electron chi connectivity index (χ0n) is 11.4. The molecule has 0 aromatic heterocycles. The summed E-state index contributed by atoms with van der Waals surface area (Å²) in [6.45, 7) is 5.70. The van der Waals surface area contributed by atoms with Gasteiger partial charge in [0.05, 0.1) is 13.2 Å². The minimum atomic E-state index is -0.522. The molecule has 0 radical (unpaired) electrons. The normalized spacial score (nSPS) is 22.3. The Labute approximate surface area is 122 Å². The first-order valence-electron chi connectivity index (χ1n) is 6.71.